The van der Waals surface area contributed by atoms with E-state index in [1.165, 1.54) is 33.4 Å². The Morgan fingerprint density at radius 1 is 0.711 bits per heavy atom. The van der Waals surface area contributed by atoms with E-state index in [0.717, 1.165) is 41.2 Å². The molecule has 0 N–H and O–H groups in total. The molecule has 0 spiro atoms. The molecule has 38 heavy (non-hydrogen) atoms. The van der Waals surface area contributed by atoms with Gasteiger partial charge in [-0.3, -0.25) is 0 Å². The van der Waals surface area contributed by atoms with Crippen molar-refractivity contribution in [2.75, 3.05) is 13.9 Å². The summed E-state index contributed by atoms with van der Waals surface area (Å²) in [5.41, 5.74) is 10.1. The second kappa shape index (κ2) is 9.90. The van der Waals surface area contributed by atoms with Gasteiger partial charge in [-0.2, -0.15) is 0 Å². The van der Waals surface area contributed by atoms with Crippen LogP contribution >= 0.6 is 0 Å². The van der Waals surface area contributed by atoms with E-state index >= 15 is 0 Å². The summed E-state index contributed by atoms with van der Waals surface area (Å²) in [5.74, 6) is 2.49. The van der Waals surface area contributed by atoms with Crippen LogP contribution in [0.4, 0.5) is 0 Å². The first kappa shape index (κ1) is 24.1. The molecule has 0 fully saturated rings. The molecule has 1 heterocycles. The van der Waals surface area contributed by atoms with Gasteiger partial charge in [0.05, 0.1) is 7.11 Å². The van der Waals surface area contributed by atoms with E-state index < -0.39 is 0 Å². The van der Waals surface area contributed by atoms with Crippen LogP contribution < -0.4 is 14.2 Å². The summed E-state index contributed by atoms with van der Waals surface area (Å²) >= 11 is 0. The zero-order chi connectivity index (χ0) is 26.1. The van der Waals surface area contributed by atoms with Gasteiger partial charge in [0.15, 0.2) is 11.5 Å². The molecule has 4 aromatic carbocycles. The second-order valence-electron chi connectivity index (χ2n) is 10.2. The van der Waals surface area contributed by atoms with Crippen molar-refractivity contribution >= 4 is 24.3 Å². The fourth-order valence-electron chi connectivity index (χ4n) is 5.78. The maximum absolute atomic E-state index is 5.54. The normalized spacial score (nSPS) is 17.2. The fraction of sp³-hybridized carbons (Fsp3) is 0.200. The third-order valence-electron chi connectivity index (χ3n) is 7.74. The Bertz CT molecular complexity index is 1560. The smallest absolute Gasteiger partial charge is 0.231 e. The Labute approximate surface area is 225 Å². The Hall–Kier alpha value is -4.24. The number of methoxy groups -OCH3 is 1. The lowest BCUT2D eigenvalue weighted by atomic mass is 9.76. The molecular weight excluding hydrogens is 468 g/mol. The molecule has 1 unspecified atom stereocenters. The predicted octanol–water partition coefficient (Wildman–Crippen LogP) is 8.85. The first-order valence-corrected chi connectivity index (χ1v) is 13.3. The SMILES string of the molecule is CCCC1(C)c2cc(/C=C/c3cccc(OC)c3)ccc2-c2ccc(/C=C/c3ccc4c(c3)OCO4)cc21. The van der Waals surface area contributed by atoms with E-state index in [-0.39, 0.29) is 5.41 Å². The largest absolute Gasteiger partial charge is 0.497 e. The van der Waals surface area contributed by atoms with Crippen molar-refractivity contribution in [2.45, 2.75) is 32.1 Å². The highest BCUT2D eigenvalue weighted by molar-refractivity contribution is 5.85. The van der Waals surface area contributed by atoms with Crippen LogP contribution in [0, 0.1) is 0 Å². The maximum Gasteiger partial charge on any atom is 0.231 e. The Balaban J connectivity index is 1.31. The molecule has 0 saturated carbocycles. The van der Waals surface area contributed by atoms with Crippen LogP contribution in [0.1, 0.15) is 60.1 Å². The van der Waals surface area contributed by atoms with E-state index in [1.54, 1.807) is 7.11 Å². The number of hydrogen-bond donors (Lipinski definition) is 0. The Morgan fingerprint density at radius 3 is 1.92 bits per heavy atom. The van der Waals surface area contributed by atoms with Gasteiger partial charge in [0.25, 0.3) is 0 Å². The molecule has 3 heteroatoms. The molecule has 0 aromatic heterocycles. The van der Waals surface area contributed by atoms with Gasteiger partial charge in [-0.15, -0.1) is 0 Å². The monoisotopic (exact) mass is 500 g/mol. The van der Waals surface area contributed by atoms with Gasteiger partial charge in [-0.25, -0.2) is 0 Å². The van der Waals surface area contributed by atoms with Crippen LogP contribution in [0.25, 0.3) is 35.4 Å². The van der Waals surface area contributed by atoms with Gasteiger partial charge < -0.3 is 14.2 Å². The molecule has 190 valence electrons. The molecule has 6 rings (SSSR count). The van der Waals surface area contributed by atoms with Crippen molar-refractivity contribution in [3.63, 3.8) is 0 Å². The minimum Gasteiger partial charge on any atom is -0.497 e. The lowest BCUT2D eigenvalue weighted by Gasteiger charge is -2.27. The lowest BCUT2D eigenvalue weighted by molar-refractivity contribution is 0.174. The number of benzene rings is 4. The van der Waals surface area contributed by atoms with Crippen molar-refractivity contribution in [3.8, 4) is 28.4 Å². The van der Waals surface area contributed by atoms with Crippen LogP contribution in [-0.2, 0) is 5.41 Å². The quantitative estimate of drug-likeness (QED) is 0.237. The number of rotatable bonds is 7. The van der Waals surface area contributed by atoms with Crippen molar-refractivity contribution in [1.82, 2.24) is 0 Å². The molecule has 1 aliphatic carbocycles. The van der Waals surface area contributed by atoms with E-state index in [1.807, 2.05) is 24.3 Å². The molecule has 0 radical (unpaired) electrons. The fourth-order valence-corrected chi connectivity index (χ4v) is 5.78. The molecule has 1 atom stereocenters. The lowest BCUT2D eigenvalue weighted by Crippen LogP contribution is -2.20. The summed E-state index contributed by atoms with van der Waals surface area (Å²) in [6.45, 7) is 4.98. The van der Waals surface area contributed by atoms with Crippen LogP contribution in [-0.4, -0.2) is 13.9 Å². The highest BCUT2D eigenvalue weighted by atomic mass is 16.7. The average Bonchev–Trinajstić information content (AvgIpc) is 3.51. The highest BCUT2D eigenvalue weighted by Crippen LogP contribution is 2.51. The van der Waals surface area contributed by atoms with Crippen molar-refractivity contribution < 1.29 is 14.2 Å². The summed E-state index contributed by atoms with van der Waals surface area (Å²) in [7, 11) is 1.70. The maximum atomic E-state index is 5.54. The van der Waals surface area contributed by atoms with Gasteiger partial charge >= 0.3 is 0 Å². The first-order valence-electron chi connectivity index (χ1n) is 13.3. The second-order valence-corrected chi connectivity index (χ2v) is 10.2. The van der Waals surface area contributed by atoms with Gasteiger partial charge in [0.1, 0.15) is 5.75 Å². The summed E-state index contributed by atoms with van der Waals surface area (Å²) in [5, 5.41) is 0. The van der Waals surface area contributed by atoms with Crippen LogP contribution in [0.15, 0.2) is 78.9 Å². The van der Waals surface area contributed by atoms with Crippen molar-refractivity contribution in [1.29, 1.82) is 0 Å². The minimum absolute atomic E-state index is 0.0260. The van der Waals surface area contributed by atoms with E-state index in [9.17, 15) is 0 Å². The van der Waals surface area contributed by atoms with Crippen molar-refractivity contribution in [2.24, 2.45) is 0 Å². The zero-order valence-electron chi connectivity index (χ0n) is 22.2. The molecule has 2 aliphatic rings. The average molecular weight is 501 g/mol. The molecule has 0 amide bonds. The van der Waals surface area contributed by atoms with Gasteiger partial charge in [-0.1, -0.05) is 99.2 Å². The first-order chi connectivity index (χ1) is 18.6. The molecule has 1 aliphatic heterocycles. The van der Waals surface area contributed by atoms with E-state index in [4.69, 9.17) is 14.2 Å². The number of fused-ring (bicyclic) bond motifs is 4. The minimum atomic E-state index is -0.0260. The molecule has 3 nitrogen and oxygen atoms in total. The van der Waals surface area contributed by atoms with E-state index in [0.29, 0.717) is 6.79 Å². The van der Waals surface area contributed by atoms with Crippen LogP contribution in [0.5, 0.6) is 17.2 Å². The third kappa shape index (κ3) is 4.39. The van der Waals surface area contributed by atoms with Gasteiger partial charge in [0, 0.05) is 5.41 Å². The predicted molar refractivity (Wildman–Crippen MR) is 157 cm³/mol. The molecule has 4 aromatic rings. The summed E-state index contributed by atoms with van der Waals surface area (Å²) < 4.78 is 16.4. The number of hydrogen-bond acceptors (Lipinski definition) is 3. The standard InChI is InChI=1S/C35H32O3/c1-4-18-35(2)31-20-25(9-8-24-6-5-7-28(19-24)36-3)12-15-29(31)30-16-13-26(21-32(30)35)10-11-27-14-17-33-34(22-27)38-23-37-33/h5-17,19-22H,4,18,23H2,1-3H3/b9-8+,11-10+. The molecule has 0 bridgehead atoms. The Morgan fingerprint density at radius 2 is 1.29 bits per heavy atom. The highest BCUT2D eigenvalue weighted by Gasteiger charge is 2.38. The number of ether oxygens (including phenoxy) is 3. The summed E-state index contributed by atoms with van der Waals surface area (Å²) in [6, 6.07) is 28.0. The van der Waals surface area contributed by atoms with Crippen LogP contribution in [0.2, 0.25) is 0 Å². The molecular formula is C35H32O3. The topological polar surface area (TPSA) is 27.7 Å². The molecule has 0 saturated heterocycles. The zero-order valence-corrected chi connectivity index (χ0v) is 22.2. The van der Waals surface area contributed by atoms with E-state index in [2.05, 4.69) is 92.7 Å². The van der Waals surface area contributed by atoms with Crippen molar-refractivity contribution in [3.05, 3.63) is 112 Å². The van der Waals surface area contributed by atoms with Crippen LogP contribution in [0.3, 0.4) is 0 Å². The Kier molecular flexibility index (Phi) is 6.29. The third-order valence-corrected chi connectivity index (χ3v) is 7.74. The van der Waals surface area contributed by atoms with Gasteiger partial charge in [-0.05, 0) is 75.2 Å². The summed E-state index contributed by atoms with van der Waals surface area (Å²) in [6.07, 6.45) is 10.9. The summed E-state index contributed by atoms with van der Waals surface area (Å²) in [4.78, 5) is 0. The van der Waals surface area contributed by atoms with Gasteiger partial charge in [0.2, 0.25) is 6.79 Å².